The Bertz CT molecular complexity index is 373. The van der Waals surface area contributed by atoms with E-state index < -0.39 is 5.54 Å². The summed E-state index contributed by atoms with van der Waals surface area (Å²) in [6.07, 6.45) is 3.33. The minimum absolute atomic E-state index is 0.157. The Labute approximate surface area is 128 Å². The lowest BCUT2D eigenvalue weighted by Gasteiger charge is -2.43. The summed E-state index contributed by atoms with van der Waals surface area (Å²) in [5, 5.41) is 3.48. The van der Waals surface area contributed by atoms with Crippen LogP contribution >= 0.6 is 0 Å². The van der Waals surface area contributed by atoms with Crippen LogP contribution in [-0.2, 0) is 14.3 Å². The zero-order valence-electron chi connectivity index (χ0n) is 14.0. The Morgan fingerprint density at radius 2 is 2.14 bits per heavy atom. The molecule has 1 aliphatic carbocycles. The van der Waals surface area contributed by atoms with E-state index in [1.807, 2.05) is 6.92 Å². The van der Waals surface area contributed by atoms with Gasteiger partial charge < -0.3 is 9.47 Å². The quantitative estimate of drug-likeness (QED) is 0.754. The summed E-state index contributed by atoms with van der Waals surface area (Å²) in [7, 11) is 1.47. The first kappa shape index (κ1) is 16.7. The number of carbonyl (C=O) groups is 1. The van der Waals surface area contributed by atoms with E-state index in [4.69, 9.17) is 9.47 Å². The van der Waals surface area contributed by atoms with E-state index in [0.29, 0.717) is 18.1 Å². The van der Waals surface area contributed by atoms with Gasteiger partial charge in [0.15, 0.2) is 0 Å². The largest absolute Gasteiger partial charge is 0.468 e. The predicted molar refractivity (Wildman–Crippen MR) is 82.2 cm³/mol. The molecule has 2 rings (SSSR count). The minimum atomic E-state index is -0.601. The lowest BCUT2D eigenvalue weighted by Crippen LogP contribution is -2.58. The fraction of sp³-hybridized carbons (Fsp3) is 0.938. The van der Waals surface area contributed by atoms with Crippen molar-refractivity contribution in [3.63, 3.8) is 0 Å². The minimum Gasteiger partial charge on any atom is -0.468 e. The average Bonchev–Trinajstić information content (AvgIpc) is 3.23. The van der Waals surface area contributed by atoms with Crippen LogP contribution < -0.4 is 5.32 Å². The normalized spacial score (nSPS) is 31.5. The molecule has 1 saturated heterocycles. The molecule has 1 heterocycles. The zero-order valence-corrected chi connectivity index (χ0v) is 14.0. The lowest BCUT2D eigenvalue weighted by atomic mass is 9.91. The summed E-state index contributed by atoms with van der Waals surface area (Å²) in [5.74, 6) is -0.157. The van der Waals surface area contributed by atoms with E-state index in [1.54, 1.807) is 0 Å². The van der Waals surface area contributed by atoms with Crippen LogP contribution in [0.3, 0.4) is 0 Å². The summed E-state index contributed by atoms with van der Waals surface area (Å²) in [6, 6.07) is 1.17. The smallest absolute Gasteiger partial charge is 0.325 e. The second kappa shape index (κ2) is 6.63. The number of hydrogen-bond donors (Lipinski definition) is 1. The molecule has 2 fully saturated rings. The Balaban J connectivity index is 2.02. The van der Waals surface area contributed by atoms with Gasteiger partial charge in [0.05, 0.1) is 19.8 Å². The van der Waals surface area contributed by atoms with Crippen LogP contribution in [0.4, 0.5) is 0 Å². The average molecular weight is 298 g/mol. The van der Waals surface area contributed by atoms with E-state index in [2.05, 4.69) is 31.0 Å². The van der Waals surface area contributed by atoms with Crippen LogP contribution in [0.1, 0.15) is 47.0 Å². The maximum Gasteiger partial charge on any atom is 0.325 e. The molecular formula is C16H30N2O3. The molecule has 0 bridgehead atoms. The van der Waals surface area contributed by atoms with Gasteiger partial charge in [0, 0.05) is 24.7 Å². The molecule has 1 N–H and O–H groups in total. The third-order valence-corrected chi connectivity index (χ3v) is 4.66. The predicted octanol–water partition coefficient (Wildman–Crippen LogP) is 1.56. The van der Waals surface area contributed by atoms with Gasteiger partial charge in [0.25, 0.3) is 0 Å². The Morgan fingerprint density at radius 1 is 1.48 bits per heavy atom. The molecule has 5 heteroatoms. The molecule has 5 nitrogen and oxygen atoms in total. The van der Waals surface area contributed by atoms with Crippen molar-refractivity contribution in [1.82, 2.24) is 10.2 Å². The van der Waals surface area contributed by atoms with E-state index in [-0.39, 0.29) is 12.1 Å². The Kier molecular flexibility index (Phi) is 5.28. The third kappa shape index (κ3) is 4.18. The van der Waals surface area contributed by atoms with Crippen LogP contribution in [-0.4, -0.2) is 60.9 Å². The van der Waals surface area contributed by atoms with Gasteiger partial charge in [-0.15, -0.1) is 0 Å². The van der Waals surface area contributed by atoms with Crippen molar-refractivity contribution in [3.05, 3.63) is 0 Å². The molecule has 1 saturated carbocycles. The van der Waals surface area contributed by atoms with Crippen molar-refractivity contribution < 1.29 is 14.3 Å². The van der Waals surface area contributed by atoms with E-state index >= 15 is 0 Å². The molecule has 0 aromatic heterocycles. The molecule has 122 valence electrons. The number of carbonyl (C=O) groups excluding carboxylic acids is 1. The third-order valence-electron chi connectivity index (χ3n) is 4.66. The summed E-state index contributed by atoms with van der Waals surface area (Å²) >= 11 is 0. The summed E-state index contributed by atoms with van der Waals surface area (Å²) in [6.45, 7) is 10.1. The fourth-order valence-electron chi connectivity index (χ4n) is 3.36. The molecule has 0 spiro atoms. The lowest BCUT2D eigenvalue weighted by molar-refractivity contribution is -0.149. The monoisotopic (exact) mass is 298 g/mol. The second-order valence-corrected chi connectivity index (χ2v) is 6.99. The highest BCUT2D eigenvalue weighted by molar-refractivity contribution is 5.80. The van der Waals surface area contributed by atoms with Crippen LogP contribution in [0.5, 0.6) is 0 Å². The number of methoxy groups -OCH3 is 1. The number of ether oxygens (including phenoxy) is 2. The molecule has 0 aromatic rings. The number of hydrogen-bond acceptors (Lipinski definition) is 5. The van der Waals surface area contributed by atoms with Crippen LogP contribution in [0.25, 0.3) is 0 Å². The number of nitrogens with zero attached hydrogens (tertiary/aromatic N) is 1. The number of morpholine rings is 1. The molecule has 0 aromatic carbocycles. The van der Waals surface area contributed by atoms with Gasteiger partial charge in [-0.05, 0) is 47.0 Å². The van der Waals surface area contributed by atoms with Gasteiger partial charge in [-0.25, -0.2) is 0 Å². The van der Waals surface area contributed by atoms with E-state index in [0.717, 1.165) is 32.4 Å². The van der Waals surface area contributed by atoms with E-state index in [9.17, 15) is 4.79 Å². The van der Waals surface area contributed by atoms with Crippen molar-refractivity contribution in [2.24, 2.45) is 0 Å². The van der Waals surface area contributed by atoms with Gasteiger partial charge in [-0.2, -0.15) is 0 Å². The van der Waals surface area contributed by atoms with Crippen molar-refractivity contribution in [2.45, 2.75) is 76.7 Å². The van der Waals surface area contributed by atoms with E-state index in [1.165, 1.54) is 7.11 Å². The van der Waals surface area contributed by atoms with Gasteiger partial charge >= 0.3 is 5.97 Å². The van der Waals surface area contributed by atoms with Crippen LogP contribution in [0, 0.1) is 0 Å². The standard InChI is InChI=1S/C16H30N2O3/c1-11(18-9-13(3)21-10-12(18)2)8-16(4,15(19)20-5)17-14-6-7-14/h11-14,17H,6-10H2,1-5H3. The Hall–Kier alpha value is -0.650. The van der Waals surface area contributed by atoms with Crippen molar-refractivity contribution in [2.75, 3.05) is 20.3 Å². The summed E-state index contributed by atoms with van der Waals surface area (Å²) < 4.78 is 10.7. The molecule has 1 aliphatic heterocycles. The van der Waals surface area contributed by atoms with Crippen molar-refractivity contribution in [1.29, 1.82) is 0 Å². The SMILES string of the molecule is COC(=O)C(C)(CC(C)N1CC(C)OCC1C)NC1CC1. The van der Waals surface area contributed by atoms with Crippen LogP contribution in [0.15, 0.2) is 0 Å². The Morgan fingerprint density at radius 3 is 2.71 bits per heavy atom. The van der Waals surface area contributed by atoms with Gasteiger partial charge in [-0.1, -0.05) is 0 Å². The second-order valence-electron chi connectivity index (χ2n) is 6.99. The zero-order chi connectivity index (χ0) is 15.6. The van der Waals surface area contributed by atoms with Crippen LogP contribution in [0.2, 0.25) is 0 Å². The maximum absolute atomic E-state index is 12.2. The molecule has 4 atom stereocenters. The number of esters is 1. The molecule has 2 aliphatic rings. The molecule has 0 radical (unpaired) electrons. The number of rotatable bonds is 6. The van der Waals surface area contributed by atoms with Crippen molar-refractivity contribution >= 4 is 5.97 Å². The van der Waals surface area contributed by atoms with Gasteiger partial charge in [-0.3, -0.25) is 15.0 Å². The number of nitrogens with one attached hydrogen (secondary N) is 1. The summed E-state index contributed by atoms with van der Waals surface area (Å²) in [5.41, 5.74) is -0.601. The molecular weight excluding hydrogens is 268 g/mol. The van der Waals surface area contributed by atoms with Gasteiger partial charge in [0.2, 0.25) is 0 Å². The first-order valence-electron chi connectivity index (χ1n) is 8.09. The maximum atomic E-state index is 12.2. The molecule has 21 heavy (non-hydrogen) atoms. The topological polar surface area (TPSA) is 50.8 Å². The molecule has 0 amide bonds. The van der Waals surface area contributed by atoms with Gasteiger partial charge in [0.1, 0.15) is 5.54 Å². The fourth-order valence-corrected chi connectivity index (χ4v) is 3.36. The summed E-state index contributed by atoms with van der Waals surface area (Å²) in [4.78, 5) is 14.7. The highest BCUT2D eigenvalue weighted by atomic mass is 16.5. The highest BCUT2D eigenvalue weighted by Gasteiger charge is 2.42. The first-order chi connectivity index (χ1) is 9.85. The first-order valence-corrected chi connectivity index (χ1v) is 8.09. The highest BCUT2D eigenvalue weighted by Crippen LogP contribution is 2.28. The molecule has 4 unspecified atom stereocenters. The van der Waals surface area contributed by atoms with Crippen molar-refractivity contribution in [3.8, 4) is 0 Å².